The van der Waals surface area contributed by atoms with Crippen molar-refractivity contribution in [3.8, 4) is 0 Å². The van der Waals surface area contributed by atoms with E-state index in [9.17, 15) is 18.0 Å². The van der Waals surface area contributed by atoms with Gasteiger partial charge in [-0.15, -0.1) is 0 Å². The third-order valence-corrected chi connectivity index (χ3v) is 7.24. The van der Waals surface area contributed by atoms with E-state index >= 15 is 0 Å². The topological polar surface area (TPSA) is 86.8 Å². The van der Waals surface area contributed by atoms with Gasteiger partial charge < -0.3 is 10.2 Å². The number of carbonyl (C=O) groups excluding carboxylic acids is 2. The van der Waals surface area contributed by atoms with Crippen LogP contribution in [0.3, 0.4) is 0 Å². The molecule has 0 aromatic heterocycles. The number of likely N-dealkylation sites (N-methyl/N-ethyl adjacent to an activating group) is 1. The lowest BCUT2D eigenvalue weighted by Gasteiger charge is -2.31. The van der Waals surface area contributed by atoms with Gasteiger partial charge in [0.25, 0.3) is 0 Å². The summed E-state index contributed by atoms with van der Waals surface area (Å²) < 4.78 is 26.4. The molecule has 1 N–H and O–H groups in total. The van der Waals surface area contributed by atoms with Crippen LogP contribution in [0, 0.1) is 20.8 Å². The Morgan fingerprint density at radius 3 is 2.32 bits per heavy atom. The molecule has 0 fully saturated rings. The Morgan fingerprint density at radius 2 is 1.74 bits per heavy atom. The molecule has 0 saturated heterocycles. The third kappa shape index (κ3) is 7.06. The van der Waals surface area contributed by atoms with Crippen molar-refractivity contribution in [1.82, 2.24) is 10.2 Å². The van der Waals surface area contributed by atoms with E-state index in [2.05, 4.69) is 5.32 Å². The van der Waals surface area contributed by atoms with Crippen molar-refractivity contribution >= 4 is 27.5 Å². The number of hydrogen-bond donors (Lipinski definition) is 1. The molecule has 1 atom stereocenters. The summed E-state index contributed by atoms with van der Waals surface area (Å²) in [5.41, 5.74) is 4.55. The average Bonchev–Trinajstić information content (AvgIpc) is 2.77. The molecule has 2 amide bonds. The largest absolute Gasteiger partial charge is 0.357 e. The molecule has 8 heteroatoms. The van der Waals surface area contributed by atoms with Gasteiger partial charge in [-0.3, -0.25) is 13.9 Å². The minimum atomic E-state index is -3.52. The fourth-order valence-electron chi connectivity index (χ4n) is 4.08. The zero-order valence-electron chi connectivity index (χ0n) is 21.1. The highest BCUT2D eigenvalue weighted by Crippen LogP contribution is 2.25. The summed E-state index contributed by atoms with van der Waals surface area (Å²) in [5.74, 6) is -0.386. The summed E-state index contributed by atoms with van der Waals surface area (Å²) in [6.07, 6.45) is 2.14. The number of carbonyl (C=O) groups is 2. The number of nitrogens with one attached hydrogen (secondary N) is 1. The first kappa shape index (κ1) is 27.4. The second kappa shape index (κ2) is 12.0. The fourth-order valence-corrected chi connectivity index (χ4v) is 5.10. The average molecular weight is 488 g/mol. The molecule has 186 valence electrons. The summed E-state index contributed by atoms with van der Waals surface area (Å²) in [6, 6.07) is 12.8. The van der Waals surface area contributed by atoms with Crippen LogP contribution in [-0.2, 0) is 26.2 Å². The molecule has 0 heterocycles. The Morgan fingerprint density at radius 1 is 1.06 bits per heavy atom. The van der Waals surface area contributed by atoms with Crippen molar-refractivity contribution in [3.05, 3.63) is 64.7 Å². The molecule has 0 radical (unpaired) electrons. The third-order valence-electron chi connectivity index (χ3n) is 6.06. The standard InChI is InChI=1S/C26H37N3O4S/c1-7-23(26(31)27-5)28(18-22-13-8-11-19(2)17-22)25(30)15-10-16-29(34(6,32)33)24-14-9-12-20(3)21(24)4/h8-9,11-14,17,23H,7,10,15-16,18H2,1-6H3,(H,27,31)/t23-/m0/s1. The molecule has 0 saturated carbocycles. The number of benzene rings is 2. The second-order valence-electron chi connectivity index (χ2n) is 8.71. The normalized spacial score (nSPS) is 12.2. The Kier molecular flexibility index (Phi) is 9.67. The number of rotatable bonds is 11. The van der Waals surface area contributed by atoms with E-state index in [1.165, 1.54) is 10.6 Å². The lowest BCUT2D eigenvalue weighted by Crippen LogP contribution is -2.48. The van der Waals surface area contributed by atoms with Crippen LogP contribution in [0.4, 0.5) is 5.69 Å². The highest BCUT2D eigenvalue weighted by molar-refractivity contribution is 7.92. The molecule has 0 aliphatic heterocycles. The molecular formula is C26H37N3O4S. The van der Waals surface area contributed by atoms with Crippen LogP contribution in [0.1, 0.15) is 48.4 Å². The molecule has 2 aromatic rings. The number of nitrogens with zero attached hydrogens (tertiary/aromatic N) is 2. The summed E-state index contributed by atoms with van der Waals surface area (Å²) in [5, 5.41) is 2.66. The maximum Gasteiger partial charge on any atom is 0.242 e. The molecule has 0 aliphatic carbocycles. The van der Waals surface area contributed by atoms with E-state index in [-0.39, 0.29) is 24.8 Å². The fraction of sp³-hybridized carbons (Fsp3) is 0.462. The van der Waals surface area contributed by atoms with Crippen LogP contribution >= 0.6 is 0 Å². The van der Waals surface area contributed by atoms with Crippen LogP contribution in [-0.4, -0.2) is 51.0 Å². The van der Waals surface area contributed by atoms with Crippen molar-refractivity contribution < 1.29 is 18.0 Å². The summed E-state index contributed by atoms with van der Waals surface area (Å²) in [4.78, 5) is 27.4. The van der Waals surface area contributed by atoms with Crippen molar-refractivity contribution in [3.63, 3.8) is 0 Å². The van der Waals surface area contributed by atoms with Crippen molar-refractivity contribution in [2.24, 2.45) is 0 Å². The van der Waals surface area contributed by atoms with Crippen LogP contribution < -0.4 is 9.62 Å². The number of amides is 2. The Labute approximate surface area is 204 Å². The van der Waals surface area contributed by atoms with Gasteiger partial charge in [0.2, 0.25) is 21.8 Å². The van der Waals surface area contributed by atoms with Gasteiger partial charge in [0.15, 0.2) is 0 Å². The molecule has 34 heavy (non-hydrogen) atoms. The lowest BCUT2D eigenvalue weighted by atomic mass is 10.1. The maximum absolute atomic E-state index is 13.3. The van der Waals surface area contributed by atoms with Crippen LogP contribution in [0.5, 0.6) is 0 Å². The summed E-state index contributed by atoms with van der Waals surface area (Å²) in [6.45, 7) is 8.20. The Hall–Kier alpha value is -2.87. The first-order chi connectivity index (χ1) is 16.0. The van der Waals surface area contributed by atoms with Crippen molar-refractivity contribution in [2.75, 3.05) is 24.2 Å². The lowest BCUT2D eigenvalue weighted by molar-refractivity contribution is -0.141. The van der Waals surface area contributed by atoms with E-state index in [1.807, 2.05) is 64.1 Å². The molecule has 0 unspecified atom stereocenters. The molecule has 2 rings (SSSR count). The number of sulfonamides is 1. The van der Waals surface area contributed by atoms with Gasteiger partial charge in [-0.25, -0.2) is 8.42 Å². The molecule has 0 spiro atoms. The highest BCUT2D eigenvalue weighted by Gasteiger charge is 2.28. The van der Waals surface area contributed by atoms with Gasteiger partial charge in [0, 0.05) is 26.6 Å². The molecule has 0 aliphatic rings. The van der Waals surface area contributed by atoms with Gasteiger partial charge in [-0.2, -0.15) is 0 Å². The smallest absolute Gasteiger partial charge is 0.242 e. The minimum Gasteiger partial charge on any atom is -0.357 e. The van der Waals surface area contributed by atoms with Gasteiger partial charge in [-0.05, 0) is 56.4 Å². The zero-order chi connectivity index (χ0) is 25.5. The number of hydrogen-bond acceptors (Lipinski definition) is 4. The second-order valence-corrected chi connectivity index (χ2v) is 10.6. The van der Waals surface area contributed by atoms with Gasteiger partial charge in [-0.1, -0.05) is 48.9 Å². The van der Waals surface area contributed by atoms with Gasteiger partial charge >= 0.3 is 0 Å². The SMILES string of the molecule is CC[C@@H](C(=O)NC)N(Cc1cccc(C)c1)C(=O)CCCN(c1cccc(C)c1C)S(C)(=O)=O. The zero-order valence-corrected chi connectivity index (χ0v) is 21.9. The van der Waals surface area contributed by atoms with Gasteiger partial charge in [0.1, 0.15) is 6.04 Å². The Balaban J connectivity index is 2.23. The van der Waals surface area contributed by atoms with Crippen molar-refractivity contribution in [2.45, 2.75) is 59.5 Å². The van der Waals surface area contributed by atoms with E-state index in [0.717, 1.165) is 22.3 Å². The molecule has 0 bridgehead atoms. The van der Waals surface area contributed by atoms with Crippen molar-refractivity contribution in [1.29, 1.82) is 0 Å². The summed E-state index contributed by atoms with van der Waals surface area (Å²) in [7, 11) is -1.96. The first-order valence-electron chi connectivity index (χ1n) is 11.6. The van der Waals surface area contributed by atoms with E-state index < -0.39 is 16.1 Å². The maximum atomic E-state index is 13.3. The van der Waals surface area contributed by atoms with E-state index in [4.69, 9.17) is 0 Å². The van der Waals surface area contributed by atoms with Crippen LogP contribution in [0.25, 0.3) is 0 Å². The van der Waals surface area contributed by atoms with E-state index in [1.54, 1.807) is 18.0 Å². The number of aryl methyl sites for hydroxylation is 2. The quantitative estimate of drug-likeness (QED) is 0.523. The predicted octanol–water partition coefficient (Wildman–Crippen LogP) is 3.71. The Bertz CT molecular complexity index is 1110. The minimum absolute atomic E-state index is 0.135. The first-order valence-corrected chi connectivity index (χ1v) is 13.4. The molecule has 7 nitrogen and oxygen atoms in total. The molecule has 2 aromatic carbocycles. The van der Waals surface area contributed by atoms with Crippen LogP contribution in [0.15, 0.2) is 42.5 Å². The molecular weight excluding hydrogens is 450 g/mol. The predicted molar refractivity (Wildman–Crippen MR) is 137 cm³/mol. The monoisotopic (exact) mass is 487 g/mol. The number of anilines is 1. The highest BCUT2D eigenvalue weighted by atomic mass is 32.2. The van der Waals surface area contributed by atoms with Crippen LogP contribution in [0.2, 0.25) is 0 Å². The van der Waals surface area contributed by atoms with E-state index in [0.29, 0.717) is 25.1 Å². The van der Waals surface area contributed by atoms with Gasteiger partial charge in [0.05, 0.1) is 11.9 Å². The summed E-state index contributed by atoms with van der Waals surface area (Å²) >= 11 is 0.